The van der Waals surface area contributed by atoms with Crippen molar-refractivity contribution in [2.24, 2.45) is 0 Å². The fourth-order valence-electron chi connectivity index (χ4n) is 1.43. The molecule has 0 saturated carbocycles. The average molecular weight is 281 g/mol. The zero-order chi connectivity index (χ0) is 15.3. The number of amides is 2. The van der Waals surface area contributed by atoms with Gasteiger partial charge in [0.1, 0.15) is 11.3 Å². The molecule has 0 fully saturated rings. The molecule has 108 valence electrons. The molecule has 0 heterocycles. The Morgan fingerprint density at radius 1 is 1.45 bits per heavy atom. The maximum atomic E-state index is 11.8. The standard InChI is InChI=1S/C12H15N3O5/c1-3-14(2)11(17)7-13-12(18)9-6-8(16)4-5-10(9)15(19)20/h4-6,16H,3,7H2,1-2H3,(H,13,18). The summed E-state index contributed by atoms with van der Waals surface area (Å²) in [5.41, 5.74) is -0.724. The Hall–Kier alpha value is -2.64. The Kier molecular flexibility index (Phi) is 5.01. The molecule has 0 aliphatic carbocycles. The quantitative estimate of drug-likeness (QED) is 0.603. The molecule has 0 aromatic heterocycles. The molecule has 1 rings (SSSR count). The number of hydrogen-bond acceptors (Lipinski definition) is 5. The molecule has 2 N–H and O–H groups in total. The van der Waals surface area contributed by atoms with Crippen LogP contribution in [-0.2, 0) is 4.79 Å². The number of nitro benzene ring substituents is 1. The van der Waals surface area contributed by atoms with Crippen LogP contribution in [0, 0.1) is 10.1 Å². The van der Waals surface area contributed by atoms with E-state index in [9.17, 15) is 24.8 Å². The van der Waals surface area contributed by atoms with Gasteiger partial charge in [-0.1, -0.05) is 0 Å². The Morgan fingerprint density at radius 3 is 2.65 bits per heavy atom. The normalized spacial score (nSPS) is 9.90. The first-order chi connectivity index (χ1) is 9.36. The highest BCUT2D eigenvalue weighted by Gasteiger charge is 2.21. The van der Waals surface area contributed by atoms with Gasteiger partial charge in [0.05, 0.1) is 11.5 Å². The van der Waals surface area contributed by atoms with Crippen LogP contribution in [-0.4, -0.2) is 46.9 Å². The third-order valence-electron chi connectivity index (χ3n) is 2.72. The van der Waals surface area contributed by atoms with Gasteiger partial charge in [-0.15, -0.1) is 0 Å². The number of likely N-dealkylation sites (N-methyl/N-ethyl adjacent to an activating group) is 1. The number of hydrogen-bond donors (Lipinski definition) is 2. The van der Waals surface area contributed by atoms with Crippen molar-refractivity contribution in [1.29, 1.82) is 0 Å². The van der Waals surface area contributed by atoms with Gasteiger partial charge >= 0.3 is 0 Å². The molecule has 2 amide bonds. The maximum absolute atomic E-state index is 11.8. The van der Waals surface area contributed by atoms with Gasteiger partial charge in [-0.2, -0.15) is 0 Å². The zero-order valence-corrected chi connectivity index (χ0v) is 11.1. The number of rotatable bonds is 5. The lowest BCUT2D eigenvalue weighted by Gasteiger charge is -2.14. The third-order valence-corrected chi connectivity index (χ3v) is 2.72. The van der Waals surface area contributed by atoms with E-state index in [1.165, 1.54) is 4.90 Å². The fourth-order valence-corrected chi connectivity index (χ4v) is 1.43. The molecular weight excluding hydrogens is 266 g/mol. The highest BCUT2D eigenvalue weighted by molar-refractivity contribution is 6.00. The summed E-state index contributed by atoms with van der Waals surface area (Å²) in [5.74, 6) is -1.37. The molecule has 0 radical (unpaired) electrons. The van der Waals surface area contributed by atoms with E-state index in [0.717, 1.165) is 18.2 Å². The Balaban J connectivity index is 2.85. The van der Waals surface area contributed by atoms with Crippen LogP contribution < -0.4 is 5.32 Å². The highest BCUT2D eigenvalue weighted by atomic mass is 16.6. The molecule has 0 unspecified atom stereocenters. The van der Waals surface area contributed by atoms with E-state index in [-0.39, 0.29) is 23.8 Å². The average Bonchev–Trinajstić information content (AvgIpc) is 2.42. The van der Waals surface area contributed by atoms with E-state index in [4.69, 9.17) is 0 Å². The van der Waals surface area contributed by atoms with Gasteiger partial charge in [0.25, 0.3) is 11.6 Å². The molecule has 0 aliphatic heterocycles. The second-order valence-electron chi connectivity index (χ2n) is 4.05. The van der Waals surface area contributed by atoms with E-state index in [1.807, 2.05) is 0 Å². The van der Waals surface area contributed by atoms with Crippen LogP contribution in [0.4, 0.5) is 5.69 Å². The van der Waals surface area contributed by atoms with Gasteiger partial charge in [-0.3, -0.25) is 19.7 Å². The molecule has 20 heavy (non-hydrogen) atoms. The zero-order valence-electron chi connectivity index (χ0n) is 11.1. The fraction of sp³-hybridized carbons (Fsp3) is 0.333. The molecule has 0 atom stereocenters. The summed E-state index contributed by atoms with van der Waals surface area (Å²) in [6.45, 7) is 2.00. The third kappa shape index (κ3) is 3.67. The molecule has 8 heteroatoms. The molecule has 8 nitrogen and oxygen atoms in total. The van der Waals surface area contributed by atoms with Crippen molar-refractivity contribution in [2.45, 2.75) is 6.92 Å². The van der Waals surface area contributed by atoms with Gasteiger partial charge in [0, 0.05) is 19.7 Å². The predicted molar refractivity (Wildman–Crippen MR) is 70.4 cm³/mol. The van der Waals surface area contributed by atoms with Crippen LogP contribution in [0.5, 0.6) is 5.75 Å². The van der Waals surface area contributed by atoms with Crippen LogP contribution in [0.1, 0.15) is 17.3 Å². The lowest BCUT2D eigenvalue weighted by molar-refractivity contribution is -0.385. The first kappa shape index (κ1) is 15.4. The Morgan fingerprint density at radius 2 is 2.10 bits per heavy atom. The summed E-state index contributed by atoms with van der Waals surface area (Å²) in [4.78, 5) is 34.8. The second-order valence-corrected chi connectivity index (χ2v) is 4.05. The van der Waals surface area contributed by atoms with Crippen molar-refractivity contribution in [3.8, 4) is 5.75 Å². The maximum Gasteiger partial charge on any atom is 0.282 e. The minimum Gasteiger partial charge on any atom is -0.508 e. The lowest BCUT2D eigenvalue weighted by atomic mass is 10.1. The van der Waals surface area contributed by atoms with Crippen molar-refractivity contribution >= 4 is 17.5 Å². The van der Waals surface area contributed by atoms with Gasteiger partial charge in [-0.25, -0.2) is 0 Å². The lowest BCUT2D eigenvalue weighted by Crippen LogP contribution is -2.38. The van der Waals surface area contributed by atoms with Crippen LogP contribution in [0.2, 0.25) is 0 Å². The van der Waals surface area contributed by atoms with Crippen LogP contribution in [0.15, 0.2) is 18.2 Å². The first-order valence-corrected chi connectivity index (χ1v) is 5.86. The summed E-state index contributed by atoms with van der Waals surface area (Å²) in [6.07, 6.45) is 0. The number of nitro groups is 1. The highest BCUT2D eigenvalue weighted by Crippen LogP contribution is 2.22. The van der Waals surface area contributed by atoms with Crippen molar-refractivity contribution in [2.75, 3.05) is 20.1 Å². The van der Waals surface area contributed by atoms with Crippen LogP contribution in [0.25, 0.3) is 0 Å². The summed E-state index contributed by atoms with van der Waals surface area (Å²) < 4.78 is 0. The molecule has 1 aromatic rings. The number of nitrogens with zero attached hydrogens (tertiary/aromatic N) is 2. The minimum absolute atomic E-state index is 0.266. The van der Waals surface area contributed by atoms with E-state index in [2.05, 4.69) is 5.32 Å². The number of benzene rings is 1. The van der Waals surface area contributed by atoms with E-state index >= 15 is 0 Å². The van der Waals surface area contributed by atoms with Crippen molar-refractivity contribution < 1.29 is 19.6 Å². The minimum atomic E-state index is -0.787. The molecule has 0 spiro atoms. The number of carbonyl (C=O) groups excluding carboxylic acids is 2. The monoisotopic (exact) mass is 281 g/mol. The Labute approximate surface area is 115 Å². The molecule has 0 saturated heterocycles. The van der Waals surface area contributed by atoms with E-state index < -0.39 is 16.5 Å². The summed E-state index contributed by atoms with van der Waals surface area (Å²) in [7, 11) is 1.57. The number of nitrogens with one attached hydrogen (secondary N) is 1. The Bertz CT molecular complexity index is 544. The molecule has 1 aromatic carbocycles. The topological polar surface area (TPSA) is 113 Å². The number of carbonyl (C=O) groups is 2. The number of phenols is 1. The summed E-state index contributed by atoms with van der Waals surface area (Å²) >= 11 is 0. The molecule has 0 aliphatic rings. The van der Waals surface area contributed by atoms with Gasteiger partial charge in [0.2, 0.25) is 5.91 Å². The number of phenolic OH excluding ortho intramolecular Hbond substituents is 1. The second kappa shape index (κ2) is 6.50. The summed E-state index contributed by atoms with van der Waals surface area (Å²) in [5, 5.41) is 22.4. The van der Waals surface area contributed by atoms with Gasteiger partial charge in [0.15, 0.2) is 0 Å². The van der Waals surface area contributed by atoms with E-state index in [1.54, 1.807) is 14.0 Å². The molecule has 0 bridgehead atoms. The van der Waals surface area contributed by atoms with Crippen LogP contribution in [0.3, 0.4) is 0 Å². The van der Waals surface area contributed by atoms with Crippen molar-refractivity contribution in [3.05, 3.63) is 33.9 Å². The van der Waals surface area contributed by atoms with Gasteiger partial charge < -0.3 is 15.3 Å². The predicted octanol–water partition coefficient (Wildman–Crippen LogP) is 0.508. The number of aromatic hydroxyl groups is 1. The molecular formula is C12H15N3O5. The van der Waals surface area contributed by atoms with Crippen molar-refractivity contribution in [3.63, 3.8) is 0 Å². The first-order valence-electron chi connectivity index (χ1n) is 5.86. The largest absolute Gasteiger partial charge is 0.508 e. The SMILES string of the molecule is CCN(C)C(=O)CNC(=O)c1cc(O)ccc1[N+](=O)[O-]. The van der Waals surface area contributed by atoms with Crippen molar-refractivity contribution in [1.82, 2.24) is 10.2 Å². The van der Waals surface area contributed by atoms with E-state index in [0.29, 0.717) is 6.54 Å². The van der Waals surface area contributed by atoms with Crippen LogP contribution >= 0.6 is 0 Å². The summed E-state index contributed by atoms with van der Waals surface area (Å²) in [6, 6.07) is 3.14. The smallest absolute Gasteiger partial charge is 0.282 e. The van der Waals surface area contributed by atoms with Gasteiger partial charge in [-0.05, 0) is 19.1 Å².